The molecule has 1 amide bonds. The van der Waals surface area contributed by atoms with E-state index in [2.05, 4.69) is 15.3 Å². The fourth-order valence-electron chi connectivity index (χ4n) is 2.03. The maximum Gasteiger partial charge on any atom is 0.335 e. The van der Waals surface area contributed by atoms with E-state index in [-0.39, 0.29) is 29.7 Å². The van der Waals surface area contributed by atoms with Crippen LogP contribution in [-0.4, -0.2) is 38.3 Å². The number of aromatic carboxylic acids is 1. The van der Waals surface area contributed by atoms with Crippen LogP contribution >= 0.6 is 11.8 Å². The van der Waals surface area contributed by atoms with Crippen LogP contribution in [0.3, 0.4) is 0 Å². The Labute approximate surface area is 160 Å². The number of carboxylic acid groups (broad SMARTS) is 1. The zero-order valence-electron chi connectivity index (χ0n) is 15.2. The van der Waals surface area contributed by atoms with Crippen molar-refractivity contribution in [1.29, 1.82) is 0 Å². The molecule has 0 saturated carbocycles. The average Bonchev–Trinajstić information content (AvgIpc) is 2.60. The maximum absolute atomic E-state index is 12.3. The van der Waals surface area contributed by atoms with Gasteiger partial charge in [0, 0.05) is 11.8 Å². The van der Waals surface area contributed by atoms with Crippen LogP contribution in [0.4, 0.5) is 5.69 Å². The van der Waals surface area contributed by atoms with Crippen molar-refractivity contribution in [3.63, 3.8) is 0 Å². The van der Waals surface area contributed by atoms with E-state index in [4.69, 9.17) is 9.84 Å². The molecule has 3 N–H and O–H groups in total. The van der Waals surface area contributed by atoms with Crippen LogP contribution < -0.4 is 10.9 Å². The van der Waals surface area contributed by atoms with Gasteiger partial charge in [0.25, 0.3) is 5.56 Å². The van der Waals surface area contributed by atoms with Gasteiger partial charge in [0.2, 0.25) is 5.91 Å². The summed E-state index contributed by atoms with van der Waals surface area (Å²) >= 11 is 1.11. The van der Waals surface area contributed by atoms with Crippen molar-refractivity contribution in [2.24, 2.45) is 0 Å². The first-order valence-electron chi connectivity index (χ1n) is 8.27. The molecule has 0 spiro atoms. The minimum atomic E-state index is -1.03. The van der Waals surface area contributed by atoms with E-state index >= 15 is 0 Å². The third-order valence-electron chi connectivity index (χ3n) is 3.39. The average molecular weight is 391 g/mol. The number of amides is 1. The van der Waals surface area contributed by atoms with Crippen LogP contribution in [0.1, 0.15) is 36.8 Å². The first kappa shape index (κ1) is 20.7. The predicted octanol–water partition coefficient (Wildman–Crippen LogP) is 2.51. The molecule has 1 atom stereocenters. The number of carbonyl (C=O) groups excluding carboxylic acids is 1. The highest BCUT2D eigenvalue weighted by atomic mass is 32.2. The third-order valence-corrected chi connectivity index (χ3v) is 4.38. The summed E-state index contributed by atoms with van der Waals surface area (Å²) < 4.78 is 5.45. The number of carbonyl (C=O) groups is 2. The Bertz CT molecular complexity index is 864. The Morgan fingerprint density at radius 2 is 1.93 bits per heavy atom. The fraction of sp³-hybridized carbons (Fsp3) is 0.333. The molecular formula is C18H21N3O5S. The highest BCUT2D eigenvalue weighted by molar-refractivity contribution is 8.00. The van der Waals surface area contributed by atoms with Gasteiger partial charge in [-0.1, -0.05) is 11.8 Å². The number of anilines is 1. The monoisotopic (exact) mass is 391 g/mol. The number of benzene rings is 1. The molecule has 0 radical (unpaired) electrons. The van der Waals surface area contributed by atoms with Gasteiger partial charge in [0.1, 0.15) is 0 Å². The molecule has 0 aliphatic heterocycles. The molecule has 0 aliphatic rings. The zero-order valence-corrected chi connectivity index (χ0v) is 16.0. The summed E-state index contributed by atoms with van der Waals surface area (Å²) in [5.74, 6) is -1.33. The minimum absolute atomic E-state index is 0.0133. The van der Waals surface area contributed by atoms with Gasteiger partial charge in [-0.2, -0.15) is 0 Å². The summed E-state index contributed by atoms with van der Waals surface area (Å²) in [4.78, 5) is 41.9. The van der Waals surface area contributed by atoms with Gasteiger partial charge < -0.3 is 20.1 Å². The van der Waals surface area contributed by atoms with Crippen LogP contribution in [0.5, 0.6) is 0 Å². The van der Waals surface area contributed by atoms with Crippen molar-refractivity contribution < 1.29 is 19.4 Å². The maximum atomic E-state index is 12.3. The number of nitrogens with zero attached hydrogens (tertiary/aromatic N) is 1. The molecule has 0 aliphatic carbocycles. The van der Waals surface area contributed by atoms with Gasteiger partial charge >= 0.3 is 5.97 Å². The van der Waals surface area contributed by atoms with Crippen LogP contribution in [-0.2, 0) is 16.1 Å². The molecule has 144 valence electrons. The molecule has 27 heavy (non-hydrogen) atoms. The summed E-state index contributed by atoms with van der Waals surface area (Å²) in [6.07, 6.45) is 0.0133. The highest BCUT2D eigenvalue weighted by Crippen LogP contribution is 2.20. The first-order valence-corrected chi connectivity index (χ1v) is 9.15. The number of hydrogen-bond donors (Lipinski definition) is 3. The number of thioether (sulfide) groups is 1. The SMILES string of the molecule is CC(C)OCc1cc(=O)[nH]c(SC(C)C(=O)Nc2ccc(C(=O)O)cc2)n1. The van der Waals surface area contributed by atoms with E-state index in [1.54, 1.807) is 6.92 Å². The van der Waals surface area contributed by atoms with Crippen LogP contribution in [0.2, 0.25) is 0 Å². The molecule has 2 aromatic rings. The Morgan fingerprint density at radius 3 is 2.52 bits per heavy atom. The number of nitrogens with one attached hydrogen (secondary N) is 2. The van der Waals surface area contributed by atoms with Crippen molar-refractivity contribution in [2.45, 2.75) is 43.9 Å². The quantitative estimate of drug-likeness (QED) is 0.467. The second-order valence-electron chi connectivity index (χ2n) is 6.03. The van der Waals surface area contributed by atoms with Crippen molar-refractivity contribution in [2.75, 3.05) is 5.32 Å². The van der Waals surface area contributed by atoms with Gasteiger partial charge in [-0.25, -0.2) is 9.78 Å². The summed E-state index contributed by atoms with van der Waals surface area (Å²) in [7, 11) is 0. The summed E-state index contributed by atoms with van der Waals surface area (Å²) in [6, 6.07) is 7.21. The fourth-order valence-corrected chi connectivity index (χ4v) is 2.86. The Hall–Kier alpha value is -2.65. The van der Waals surface area contributed by atoms with Crippen molar-refractivity contribution in [1.82, 2.24) is 9.97 Å². The number of hydrogen-bond acceptors (Lipinski definition) is 6. The van der Waals surface area contributed by atoms with Crippen LogP contribution in [0.25, 0.3) is 0 Å². The lowest BCUT2D eigenvalue weighted by Crippen LogP contribution is -2.23. The highest BCUT2D eigenvalue weighted by Gasteiger charge is 2.17. The molecule has 0 bridgehead atoms. The van der Waals surface area contributed by atoms with Gasteiger partial charge in [0.15, 0.2) is 5.16 Å². The Balaban J connectivity index is 2.01. The number of aromatic amines is 1. The standard InChI is InChI=1S/C18H21N3O5S/c1-10(2)26-9-14-8-15(22)21-18(20-14)27-11(3)16(23)19-13-6-4-12(5-7-13)17(24)25/h4-8,10-11H,9H2,1-3H3,(H,19,23)(H,24,25)(H,20,21,22). The Morgan fingerprint density at radius 1 is 1.26 bits per heavy atom. The van der Waals surface area contributed by atoms with E-state index < -0.39 is 11.2 Å². The van der Waals surface area contributed by atoms with Gasteiger partial charge in [-0.3, -0.25) is 9.59 Å². The molecule has 1 heterocycles. The number of aromatic nitrogens is 2. The van der Waals surface area contributed by atoms with Gasteiger partial charge in [0.05, 0.1) is 29.2 Å². The zero-order chi connectivity index (χ0) is 20.0. The van der Waals surface area contributed by atoms with E-state index in [0.717, 1.165) is 11.8 Å². The lowest BCUT2D eigenvalue weighted by Gasteiger charge is -2.12. The lowest BCUT2D eigenvalue weighted by atomic mass is 10.2. The summed E-state index contributed by atoms with van der Waals surface area (Å²) in [5, 5.41) is 11.4. The Kier molecular flexibility index (Phi) is 7.14. The largest absolute Gasteiger partial charge is 0.478 e. The van der Waals surface area contributed by atoms with E-state index in [1.807, 2.05) is 13.8 Å². The predicted molar refractivity (Wildman–Crippen MR) is 102 cm³/mol. The second-order valence-corrected chi connectivity index (χ2v) is 7.36. The molecule has 0 fully saturated rings. The third kappa shape index (κ3) is 6.54. The molecule has 1 aromatic carbocycles. The van der Waals surface area contributed by atoms with Crippen molar-refractivity contribution in [3.8, 4) is 0 Å². The van der Waals surface area contributed by atoms with Crippen LogP contribution in [0.15, 0.2) is 40.3 Å². The minimum Gasteiger partial charge on any atom is -0.478 e. The number of H-pyrrole nitrogens is 1. The number of rotatable bonds is 8. The molecule has 8 nitrogen and oxygen atoms in total. The van der Waals surface area contributed by atoms with Crippen LogP contribution in [0, 0.1) is 0 Å². The van der Waals surface area contributed by atoms with E-state index in [1.165, 1.54) is 30.3 Å². The number of ether oxygens (including phenoxy) is 1. The second kappa shape index (κ2) is 9.33. The van der Waals surface area contributed by atoms with E-state index in [0.29, 0.717) is 16.5 Å². The molecule has 2 rings (SSSR count). The normalized spacial score (nSPS) is 12.0. The van der Waals surface area contributed by atoms with Crippen molar-refractivity contribution >= 4 is 29.3 Å². The lowest BCUT2D eigenvalue weighted by molar-refractivity contribution is -0.115. The van der Waals surface area contributed by atoms with Gasteiger partial charge in [-0.15, -0.1) is 0 Å². The molecule has 9 heteroatoms. The van der Waals surface area contributed by atoms with E-state index in [9.17, 15) is 14.4 Å². The number of carboxylic acids is 1. The molecule has 1 aromatic heterocycles. The summed E-state index contributed by atoms with van der Waals surface area (Å²) in [6.45, 7) is 5.67. The summed E-state index contributed by atoms with van der Waals surface area (Å²) in [5.41, 5.74) is 0.800. The van der Waals surface area contributed by atoms with Crippen molar-refractivity contribution in [3.05, 3.63) is 51.9 Å². The smallest absolute Gasteiger partial charge is 0.335 e. The van der Waals surface area contributed by atoms with Gasteiger partial charge in [-0.05, 0) is 45.0 Å². The molecular weight excluding hydrogens is 370 g/mol. The molecule has 1 unspecified atom stereocenters. The topological polar surface area (TPSA) is 121 Å². The first-order chi connectivity index (χ1) is 12.7. The molecule has 0 saturated heterocycles.